The zero-order chi connectivity index (χ0) is 20.0. The molecule has 150 valence electrons. The average Bonchev–Trinajstić information content (AvgIpc) is 2.71. The first kappa shape index (κ1) is 20.5. The zero-order valence-electron chi connectivity index (χ0n) is 15.3. The minimum absolute atomic E-state index is 0.0974. The highest BCUT2D eigenvalue weighted by molar-refractivity contribution is 6.31. The molecule has 1 N–H and O–H groups in total. The van der Waals surface area contributed by atoms with Crippen molar-refractivity contribution < 1.29 is 18.3 Å². The molecule has 8 heteroatoms. The lowest BCUT2D eigenvalue weighted by molar-refractivity contribution is 0.0433. The van der Waals surface area contributed by atoms with Crippen LogP contribution in [0.2, 0.25) is 5.02 Å². The number of halogens is 3. The number of hydrogen-bond donors (Lipinski definition) is 1. The Kier molecular flexibility index (Phi) is 6.80. The molecule has 2 aromatic rings. The van der Waals surface area contributed by atoms with Gasteiger partial charge in [-0.3, -0.25) is 4.79 Å². The second-order valence-electron chi connectivity index (χ2n) is 6.77. The number of pyridine rings is 1. The van der Waals surface area contributed by atoms with E-state index in [2.05, 4.69) is 10.3 Å². The first-order valence-corrected chi connectivity index (χ1v) is 9.52. The Labute approximate surface area is 167 Å². The van der Waals surface area contributed by atoms with Gasteiger partial charge in [0.1, 0.15) is 18.1 Å². The molecule has 1 amide bonds. The average molecular weight is 410 g/mol. The summed E-state index contributed by atoms with van der Waals surface area (Å²) in [4.78, 5) is 18.1. The van der Waals surface area contributed by atoms with Crippen LogP contribution < -0.4 is 10.1 Å². The van der Waals surface area contributed by atoms with Crippen molar-refractivity contribution in [3.63, 3.8) is 0 Å². The number of aromatic nitrogens is 1. The molecule has 0 radical (unpaired) electrons. The van der Waals surface area contributed by atoms with E-state index in [4.69, 9.17) is 16.3 Å². The van der Waals surface area contributed by atoms with Crippen LogP contribution in [0.15, 0.2) is 42.6 Å². The number of carbonyl (C=O) groups is 1. The highest BCUT2D eigenvalue weighted by atomic mass is 35.5. The molecular formula is C20H22ClF2N3O2. The summed E-state index contributed by atoms with van der Waals surface area (Å²) in [6, 6.07) is 9.26. The quantitative estimate of drug-likeness (QED) is 0.711. The molecule has 0 aliphatic carbocycles. The summed E-state index contributed by atoms with van der Waals surface area (Å²) < 4.78 is 33.7. The molecule has 1 aliphatic rings. The Hall–Kier alpha value is -2.25. The highest BCUT2D eigenvalue weighted by Crippen LogP contribution is 2.27. The number of piperidine rings is 1. The minimum Gasteiger partial charge on any atom is -0.476 e. The number of hydrogen-bond acceptors (Lipinski definition) is 4. The maximum Gasteiger partial charge on any atom is 0.253 e. The third kappa shape index (κ3) is 5.39. The molecular weight excluding hydrogens is 388 g/mol. The van der Waals surface area contributed by atoms with E-state index in [1.807, 2.05) is 6.07 Å². The van der Waals surface area contributed by atoms with Crippen LogP contribution in [0.25, 0.3) is 0 Å². The van der Waals surface area contributed by atoms with Crippen LogP contribution in [0.4, 0.5) is 8.78 Å². The number of ether oxygens (including phenoxy) is 1. The Morgan fingerprint density at radius 3 is 2.75 bits per heavy atom. The van der Waals surface area contributed by atoms with Gasteiger partial charge in [0.2, 0.25) is 5.88 Å². The van der Waals surface area contributed by atoms with Crippen LogP contribution in [-0.4, -0.2) is 54.2 Å². The van der Waals surface area contributed by atoms with Crippen molar-refractivity contribution in [2.45, 2.75) is 18.5 Å². The maximum absolute atomic E-state index is 15.0. The summed E-state index contributed by atoms with van der Waals surface area (Å²) in [7, 11) is 0. The van der Waals surface area contributed by atoms with Crippen molar-refractivity contribution in [3.8, 4) is 5.88 Å². The van der Waals surface area contributed by atoms with Crippen molar-refractivity contribution in [3.05, 3.63) is 59.0 Å². The number of nitrogens with one attached hydrogen (secondary N) is 1. The van der Waals surface area contributed by atoms with Crippen LogP contribution in [0.1, 0.15) is 23.2 Å². The molecule has 0 unspecified atom stereocenters. The van der Waals surface area contributed by atoms with Crippen LogP contribution in [0, 0.1) is 5.82 Å². The molecule has 1 fully saturated rings. The molecule has 0 saturated carbocycles. The van der Waals surface area contributed by atoms with Crippen molar-refractivity contribution in [1.82, 2.24) is 15.2 Å². The molecule has 0 bridgehead atoms. The number of likely N-dealkylation sites (tertiary alicyclic amines) is 1. The lowest BCUT2D eigenvalue weighted by Gasteiger charge is -2.36. The van der Waals surface area contributed by atoms with Crippen LogP contribution in [0.5, 0.6) is 5.88 Å². The van der Waals surface area contributed by atoms with Gasteiger partial charge in [-0.05, 0) is 24.3 Å². The van der Waals surface area contributed by atoms with Gasteiger partial charge >= 0.3 is 0 Å². The summed E-state index contributed by atoms with van der Waals surface area (Å²) in [5, 5.41) is 2.97. The maximum atomic E-state index is 15.0. The van der Waals surface area contributed by atoms with Gasteiger partial charge in [-0.1, -0.05) is 17.7 Å². The fourth-order valence-corrected chi connectivity index (χ4v) is 3.25. The van der Waals surface area contributed by atoms with E-state index in [0.29, 0.717) is 37.7 Å². The van der Waals surface area contributed by atoms with Crippen molar-refractivity contribution in [2.75, 3.05) is 32.8 Å². The molecule has 1 aromatic heterocycles. The third-order valence-corrected chi connectivity index (χ3v) is 5.01. The number of benzene rings is 1. The molecule has 5 nitrogen and oxygen atoms in total. The summed E-state index contributed by atoms with van der Waals surface area (Å²) in [5.41, 5.74) is -1.06. The number of nitrogens with zero attached hydrogens (tertiary/aromatic N) is 2. The zero-order valence-corrected chi connectivity index (χ0v) is 16.1. The third-order valence-electron chi connectivity index (χ3n) is 4.72. The van der Waals surface area contributed by atoms with Crippen molar-refractivity contribution in [1.29, 1.82) is 0 Å². The van der Waals surface area contributed by atoms with E-state index in [9.17, 15) is 13.6 Å². The second kappa shape index (κ2) is 9.30. The molecule has 0 spiro atoms. The Morgan fingerprint density at radius 1 is 1.29 bits per heavy atom. The summed E-state index contributed by atoms with van der Waals surface area (Å²) in [5.74, 6) is -0.301. The second-order valence-corrected chi connectivity index (χ2v) is 7.17. The number of alkyl halides is 1. The van der Waals surface area contributed by atoms with Gasteiger partial charge in [0, 0.05) is 56.8 Å². The molecule has 2 heterocycles. The lowest BCUT2D eigenvalue weighted by Crippen LogP contribution is -2.49. The minimum atomic E-state index is -1.37. The lowest BCUT2D eigenvalue weighted by atomic mass is 9.93. The van der Waals surface area contributed by atoms with E-state index < -0.39 is 11.5 Å². The SMILES string of the molecule is O=C(c1ccc(F)c(Cl)c1)N1CCC(F)(CNCCOc2ccccn2)CC1. The summed E-state index contributed by atoms with van der Waals surface area (Å²) >= 11 is 5.74. The van der Waals surface area contributed by atoms with Gasteiger partial charge in [0.05, 0.1) is 5.02 Å². The molecule has 3 rings (SSSR count). The first-order valence-electron chi connectivity index (χ1n) is 9.15. The largest absolute Gasteiger partial charge is 0.476 e. The van der Waals surface area contributed by atoms with E-state index in [1.54, 1.807) is 23.2 Å². The number of rotatable bonds is 7. The monoisotopic (exact) mass is 409 g/mol. The van der Waals surface area contributed by atoms with Gasteiger partial charge in [0.25, 0.3) is 5.91 Å². The van der Waals surface area contributed by atoms with Gasteiger partial charge < -0.3 is 15.0 Å². The predicted octanol–water partition coefficient (Wildman–Crippen LogP) is 3.49. The molecule has 1 saturated heterocycles. The standard InChI is InChI=1S/C20H22ClF2N3O2/c21-16-13-15(4-5-17(16)22)19(27)26-10-6-20(23,7-11-26)14-24-9-12-28-18-3-1-2-8-25-18/h1-5,8,13,24H,6-7,9-12,14H2. The van der Waals surface area contributed by atoms with E-state index in [-0.39, 0.29) is 30.3 Å². The Balaban J connectivity index is 1.40. The number of carbonyl (C=O) groups excluding carboxylic acids is 1. The predicted molar refractivity (Wildman–Crippen MR) is 103 cm³/mol. The van der Waals surface area contributed by atoms with Crippen molar-refractivity contribution >= 4 is 17.5 Å². The molecule has 28 heavy (non-hydrogen) atoms. The fourth-order valence-electron chi connectivity index (χ4n) is 3.07. The Morgan fingerprint density at radius 2 is 2.07 bits per heavy atom. The van der Waals surface area contributed by atoms with E-state index in [0.717, 1.165) is 6.07 Å². The summed E-state index contributed by atoms with van der Waals surface area (Å²) in [6.07, 6.45) is 2.12. The fraction of sp³-hybridized carbons (Fsp3) is 0.400. The molecule has 1 aromatic carbocycles. The van der Waals surface area contributed by atoms with Crippen LogP contribution in [0.3, 0.4) is 0 Å². The highest BCUT2D eigenvalue weighted by Gasteiger charge is 2.35. The van der Waals surface area contributed by atoms with Crippen molar-refractivity contribution in [2.24, 2.45) is 0 Å². The smallest absolute Gasteiger partial charge is 0.253 e. The van der Waals surface area contributed by atoms with Gasteiger partial charge in [-0.25, -0.2) is 13.8 Å². The van der Waals surface area contributed by atoms with Gasteiger partial charge in [-0.15, -0.1) is 0 Å². The molecule has 1 aliphatic heterocycles. The topological polar surface area (TPSA) is 54.5 Å². The Bertz CT molecular complexity index is 799. The van der Waals surface area contributed by atoms with Gasteiger partial charge in [-0.2, -0.15) is 0 Å². The van der Waals surface area contributed by atoms with E-state index >= 15 is 0 Å². The molecule has 0 atom stereocenters. The van der Waals surface area contributed by atoms with Crippen LogP contribution in [-0.2, 0) is 0 Å². The summed E-state index contributed by atoms with van der Waals surface area (Å²) in [6.45, 7) is 1.69. The van der Waals surface area contributed by atoms with E-state index in [1.165, 1.54) is 12.1 Å². The van der Waals surface area contributed by atoms with Gasteiger partial charge in [0.15, 0.2) is 0 Å². The van der Waals surface area contributed by atoms with Crippen LogP contribution >= 0.6 is 11.6 Å². The number of amides is 1. The normalized spacial score (nSPS) is 16.0. The first-order chi connectivity index (χ1) is 13.5.